The molecule has 1 amide bonds. The molecule has 4 heterocycles. The second-order valence-corrected chi connectivity index (χ2v) is 6.09. The summed E-state index contributed by atoms with van der Waals surface area (Å²) in [7, 11) is 0. The van der Waals surface area contributed by atoms with Gasteiger partial charge in [-0.05, 0) is 18.9 Å². The summed E-state index contributed by atoms with van der Waals surface area (Å²) in [6.07, 6.45) is 1.81. The Bertz CT molecular complexity index is 1010. The van der Waals surface area contributed by atoms with Crippen molar-refractivity contribution in [2.45, 2.75) is 25.6 Å². The summed E-state index contributed by atoms with van der Waals surface area (Å²) in [5.74, 6) is 0.905. The lowest BCUT2D eigenvalue weighted by molar-refractivity contribution is -0.00294. The van der Waals surface area contributed by atoms with Crippen LogP contribution in [0, 0.1) is 11.3 Å². The molecule has 0 unspecified atom stereocenters. The van der Waals surface area contributed by atoms with Gasteiger partial charge >= 0.3 is 6.09 Å². The Morgan fingerprint density at radius 1 is 1.44 bits per heavy atom. The van der Waals surface area contributed by atoms with Crippen molar-refractivity contribution in [3.63, 3.8) is 0 Å². The minimum atomic E-state index is -0.906. The molecular weight excluding hydrogens is 354 g/mol. The molecule has 0 spiro atoms. The van der Waals surface area contributed by atoms with Crippen LogP contribution in [-0.4, -0.2) is 50.4 Å². The molecule has 1 fully saturated rings. The molecule has 1 N–H and O–H groups in total. The van der Waals surface area contributed by atoms with Crippen LogP contribution in [0.3, 0.4) is 0 Å². The number of aromatic nitrogens is 3. The number of fused-ring (bicyclic) bond motifs is 1. The van der Waals surface area contributed by atoms with E-state index in [-0.39, 0.29) is 24.3 Å². The van der Waals surface area contributed by atoms with Gasteiger partial charge in [-0.3, -0.25) is 0 Å². The lowest BCUT2D eigenvalue weighted by Crippen LogP contribution is -2.40. The summed E-state index contributed by atoms with van der Waals surface area (Å²) in [6, 6.07) is 5.30. The molecule has 1 saturated heterocycles. The first kappa shape index (κ1) is 17.0. The molecular formula is C17H15N5O5. The van der Waals surface area contributed by atoms with Gasteiger partial charge in [-0.15, -0.1) is 0 Å². The highest BCUT2D eigenvalue weighted by Gasteiger charge is 2.23. The normalized spacial score (nSPS) is 15.1. The number of carboxylic acid groups (broad SMARTS) is 1. The summed E-state index contributed by atoms with van der Waals surface area (Å²) < 4.78 is 16.6. The summed E-state index contributed by atoms with van der Waals surface area (Å²) >= 11 is 0. The van der Waals surface area contributed by atoms with E-state index < -0.39 is 6.09 Å². The van der Waals surface area contributed by atoms with Crippen LogP contribution in [-0.2, 0) is 11.3 Å². The fraction of sp³-hybridized carbons (Fsp3) is 0.353. The highest BCUT2D eigenvalue weighted by atomic mass is 16.5. The van der Waals surface area contributed by atoms with Crippen LogP contribution in [0.25, 0.3) is 22.6 Å². The van der Waals surface area contributed by atoms with Gasteiger partial charge in [-0.2, -0.15) is 10.2 Å². The molecule has 0 bridgehead atoms. The number of pyridine rings is 1. The zero-order valence-electron chi connectivity index (χ0n) is 14.2. The predicted molar refractivity (Wildman–Crippen MR) is 89.4 cm³/mol. The van der Waals surface area contributed by atoms with Gasteiger partial charge in [0, 0.05) is 25.4 Å². The quantitative estimate of drug-likeness (QED) is 0.734. The van der Waals surface area contributed by atoms with Crippen molar-refractivity contribution < 1.29 is 23.6 Å². The van der Waals surface area contributed by atoms with Crippen LogP contribution >= 0.6 is 0 Å². The number of hydrogen-bond acceptors (Lipinski definition) is 8. The van der Waals surface area contributed by atoms with Gasteiger partial charge in [-0.1, -0.05) is 5.16 Å². The smallest absolute Gasteiger partial charge is 0.407 e. The monoisotopic (exact) mass is 369 g/mol. The maximum absolute atomic E-state index is 10.9. The molecule has 3 aromatic rings. The van der Waals surface area contributed by atoms with Gasteiger partial charge < -0.3 is 23.7 Å². The van der Waals surface area contributed by atoms with E-state index in [1.807, 2.05) is 6.07 Å². The van der Waals surface area contributed by atoms with Crippen LogP contribution in [0.15, 0.2) is 27.3 Å². The number of nitriles is 1. The standard InChI is InChI=1S/C17H15N5O5/c18-8-12-11-7-14(26-13(11)1-4-19-12)16-20-15(21-27-16)9-25-10-2-5-22(6-3-10)17(23)24/h1,4,7,10H,2-3,5-6,9H2,(H,23,24). The number of amides is 1. The molecule has 0 atom stereocenters. The van der Waals surface area contributed by atoms with E-state index in [4.69, 9.17) is 24.0 Å². The van der Waals surface area contributed by atoms with Crippen molar-refractivity contribution in [3.05, 3.63) is 29.8 Å². The minimum Gasteiger partial charge on any atom is -0.465 e. The molecule has 4 rings (SSSR count). The van der Waals surface area contributed by atoms with E-state index in [2.05, 4.69) is 15.1 Å². The topological polar surface area (TPSA) is 139 Å². The summed E-state index contributed by atoms with van der Waals surface area (Å²) in [6.45, 7) is 1.06. The number of furan rings is 1. The second kappa shape index (κ2) is 7.05. The van der Waals surface area contributed by atoms with Crippen LogP contribution in [0.2, 0.25) is 0 Å². The first-order chi connectivity index (χ1) is 13.1. The highest BCUT2D eigenvalue weighted by Crippen LogP contribution is 2.28. The Balaban J connectivity index is 1.41. The third-order valence-corrected chi connectivity index (χ3v) is 4.39. The van der Waals surface area contributed by atoms with E-state index >= 15 is 0 Å². The molecule has 27 heavy (non-hydrogen) atoms. The molecule has 10 heteroatoms. The Morgan fingerprint density at radius 3 is 3.00 bits per heavy atom. The number of hydrogen-bond donors (Lipinski definition) is 1. The first-order valence-electron chi connectivity index (χ1n) is 8.35. The first-order valence-corrected chi connectivity index (χ1v) is 8.35. The molecule has 0 saturated carbocycles. The van der Waals surface area contributed by atoms with Gasteiger partial charge in [-0.25, -0.2) is 9.78 Å². The second-order valence-electron chi connectivity index (χ2n) is 6.09. The largest absolute Gasteiger partial charge is 0.465 e. The third kappa shape index (κ3) is 3.45. The number of piperidine rings is 1. The van der Waals surface area contributed by atoms with Gasteiger partial charge in [0.05, 0.1) is 11.5 Å². The van der Waals surface area contributed by atoms with Crippen LogP contribution < -0.4 is 0 Å². The summed E-state index contributed by atoms with van der Waals surface area (Å²) in [4.78, 5) is 20.5. The van der Waals surface area contributed by atoms with Gasteiger partial charge in [0.1, 0.15) is 18.3 Å². The maximum atomic E-state index is 10.9. The van der Waals surface area contributed by atoms with Crippen molar-refractivity contribution in [1.29, 1.82) is 5.26 Å². The molecule has 1 aliphatic heterocycles. The molecule has 0 aromatic carbocycles. The number of carbonyl (C=O) groups is 1. The zero-order valence-corrected chi connectivity index (χ0v) is 14.2. The van der Waals surface area contributed by atoms with Crippen LogP contribution in [0.1, 0.15) is 24.4 Å². The number of rotatable bonds is 4. The molecule has 10 nitrogen and oxygen atoms in total. The van der Waals surface area contributed by atoms with Crippen molar-refractivity contribution in [3.8, 4) is 17.7 Å². The average Bonchev–Trinajstić information content (AvgIpc) is 3.33. The van der Waals surface area contributed by atoms with Gasteiger partial charge in [0.15, 0.2) is 17.3 Å². The number of nitrogens with zero attached hydrogens (tertiary/aromatic N) is 5. The highest BCUT2D eigenvalue weighted by molar-refractivity contribution is 5.85. The maximum Gasteiger partial charge on any atom is 0.407 e. The average molecular weight is 369 g/mol. The molecule has 1 aliphatic rings. The van der Waals surface area contributed by atoms with Crippen LogP contribution in [0.5, 0.6) is 0 Å². The van der Waals surface area contributed by atoms with E-state index in [0.29, 0.717) is 48.5 Å². The molecule has 0 radical (unpaired) electrons. The lowest BCUT2D eigenvalue weighted by atomic mass is 10.1. The SMILES string of the molecule is N#Cc1nccc2oc(-c3nc(COC4CCN(C(=O)O)CC4)no3)cc12. The fourth-order valence-electron chi connectivity index (χ4n) is 2.98. The van der Waals surface area contributed by atoms with Crippen molar-refractivity contribution in [2.24, 2.45) is 0 Å². The minimum absolute atomic E-state index is 0.0435. The van der Waals surface area contributed by atoms with Crippen LogP contribution in [0.4, 0.5) is 4.79 Å². The lowest BCUT2D eigenvalue weighted by Gasteiger charge is -2.29. The van der Waals surface area contributed by atoms with Crippen molar-refractivity contribution in [1.82, 2.24) is 20.0 Å². The number of likely N-dealkylation sites (tertiary alicyclic amines) is 1. The molecule has 3 aromatic heterocycles. The van der Waals surface area contributed by atoms with E-state index in [1.165, 1.54) is 11.1 Å². The van der Waals surface area contributed by atoms with Crippen molar-refractivity contribution >= 4 is 17.1 Å². The Morgan fingerprint density at radius 2 is 2.26 bits per heavy atom. The van der Waals surface area contributed by atoms with E-state index in [0.717, 1.165) is 0 Å². The van der Waals surface area contributed by atoms with Crippen molar-refractivity contribution in [2.75, 3.05) is 13.1 Å². The Kier molecular flexibility index (Phi) is 4.43. The zero-order chi connectivity index (χ0) is 18.8. The van der Waals surface area contributed by atoms with Gasteiger partial charge in [0.25, 0.3) is 5.89 Å². The molecule has 0 aliphatic carbocycles. The third-order valence-electron chi connectivity index (χ3n) is 4.39. The summed E-state index contributed by atoms with van der Waals surface area (Å²) in [5, 5.41) is 22.5. The Hall–Kier alpha value is -3.45. The molecule has 138 valence electrons. The van der Waals surface area contributed by atoms with Gasteiger partial charge in [0.2, 0.25) is 0 Å². The Labute approximate surface area is 153 Å². The summed E-state index contributed by atoms with van der Waals surface area (Å²) in [5.41, 5.74) is 0.774. The fourth-order valence-corrected chi connectivity index (χ4v) is 2.98. The predicted octanol–water partition coefficient (Wildman–Crippen LogP) is 2.41. The van der Waals surface area contributed by atoms with E-state index in [9.17, 15) is 4.79 Å². The number of ether oxygens (including phenoxy) is 1. The van der Waals surface area contributed by atoms with E-state index in [1.54, 1.807) is 12.1 Å².